The highest BCUT2D eigenvalue weighted by atomic mass is 32.2. The average molecular weight is 810 g/mol. The van der Waals surface area contributed by atoms with Crippen molar-refractivity contribution in [2.24, 2.45) is 0 Å². The van der Waals surface area contributed by atoms with Crippen LogP contribution in [0, 0.1) is 0 Å². The highest BCUT2D eigenvalue weighted by Gasteiger charge is 2.50. The van der Waals surface area contributed by atoms with E-state index in [1.807, 2.05) is 72.7 Å². The maximum atomic E-state index is 5.27. The number of hydrogen-bond acceptors (Lipinski definition) is 6. The molecule has 0 unspecified atom stereocenters. The Morgan fingerprint density at radius 1 is 0.306 bits per heavy atom. The van der Waals surface area contributed by atoms with Crippen LogP contribution in [0.2, 0.25) is 0 Å². The van der Waals surface area contributed by atoms with Gasteiger partial charge in [0.25, 0.3) is 0 Å². The number of aromatic nitrogens is 5. The van der Waals surface area contributed by atoms with E-state index in [1.165, 1.54) is 37.6 Å². The molecule has 0 atom stereocenters. The van der Waals surface area contributed by atoms with E-state index in [-0.39, 0.29) is 0 Å². The number of benzene rings is 6. The number of pyridine rings is 3. The summed E-state index contributed by atoms with van der Waals surface area (Å²) in [5.41, 5.74) is 17.0. The quantitative estimate of drug-likeness (QED) is 0.167. The highest BCUT2D eigenvalue weighted by Crippen LogP contribution is 2.62. The molecule has 0 saturated heterocycles. The fourth-order valence-corrected chi connectivity index (χ4v) is 10.5. The van der Waals surface area contributed by atoms with Gasteiger partial charge in [0.2, 0.25) is 0 Å². The van der Waals surface area contributed by atoms with E-state index in [2.05, 4.69) is 152 Å². The van der Waals surface area contributed by atoms with Gasteiger partial charge in [0, 0.05) is 38.9 Å². The summed E-state index contributed by atoms with van der Waals surface area (Å²) in [4.78, 5) is 27.5. The molecule has 4 aromatic heterocycles. The van der Waals surface area contributed by atoms with Gasteiger partial charge in [-0.05, 0) is 111 Å². The monoisotopic (exact) mass is 809 g/mol. The van der Waals surface area contributed by atoms with Crippen LogP contribution >= 0.6 is 11.8 Å². The lowest BCUT2D eigenvalue weighted by atomic mass is 9.67. The topological polar surface area (TPSA) is 64.5 Å². The van der Waals surface area contributed by atoms with Gasteiger partial charge in [0.15, 0.2) is 5.82 Å². The predicted molar refractivity (Wildman–Crippen MR) is 249 cm³/mol. The van der Waals surface area contributed by atoms with Crippen molar-refractivity contribution >= 4 is 11.8 Å². The lowest BCUT2D eigenvalue weighted by molar-refractivity contribution is 0.722. The van der Waals surface area contributed by atoms with Crippen LogP contribution in [-0.2, 0) is 5.41 Å². The van der Waals surface area contributed by atoms with Crippen molar-refractivity contribution in [2.75, 3.05) is 0 Å². The number of hydrogen-bond donors (Lipinski definition) is 0. The van der Waals surface area contributed by atoms with Crippen LogP contribution in [0.4, 0.5) is 0 Å². The van der Waals surface area contributed by atoms with Gasteiger partial charge in [-0.3, -0.25) is 9.97 Å². The Hall–Kier alpha value is -7.80. The molecule has 5 nitrogen and oxygen atoms in total. The molecule has 6 aromatic carbocycles. The van der Waals surface area contributed by atoms with E-state index in [0.29, 0.717) is 5.82 Å². The lowest BCUT2D eigenvalue weighted by Crippen LogP contribution is -2.31. The van der Waals surface area contributed by atoms with Gasteiger partial charge in [0.1, 0.15) is 0 Å². The summed E-state index contributed by atoms with van der Waals surface area (Å²) in [6.07, 6.45) is 3.63. The summed E-state index contributed by atoms with van der Waals surface area (Å²) in [6.45, 7) is 0. The van der Waals surface area contributed by atoms with E-state index in [9.17, 15) is 0 Å². The van der Waals surface area contributed by atoms with Gasteiger partial charge >= 0.3 is 0 Å². The molecule has 1 aliphatic heterocycles. The minimum Gasteiger partial charge on any atom is -0.255 e. The van der Waals surface area contributed by atoms with Crippen molar-refractivity contribution < 1.29 is 0 Å². The molecular weight excluding hydrogens is 775 g/mol. The van der Waals surface area contributed by atoms with Crippen molar-refractivity contribution in [3.05, 3.63) is 235 Å². The third-order valence-corrected chi connectivity index (χ3v) is 13.2. The first-order chi connectivity index (χ1) is 30.7. The molecule has 62 heavy (non-hydrogen) atoms. The Balaban J connectivity index is 1.11. The van der Waals surface area contributed by atoms with Crippen molar-refractivity contribution in [3.63, 3.8) is 0 Å². The minimum atomic E-state index is -0.543. The summed E-state index contributed by atoms with van der Waals surface area (Å²) in [6, 6.07) is 70.7. The molecule has 5 heterocycles. The molecule has 0 N–H and O–H groups in total. The van der Waals surface area contributed by atoms with Crippen LogP contribution in [0.15, 0.2) is 222 Å². The van der Waals surface area contributed by atoms with Gasteiger partial charge < -0.3 is 0 Å². The fraction of sp³-hybridized carbons (Fsp3) is 0.0179. The summed E-state index contributed by atoms with van der Waals surface area (Å²) in [5.74, 6) is 0.681. The summed E-state index contributed by atoms with van der Waals surface area (Å²) < 4.78 is 0. The number of fused-ring (bicyclic) bond motifs is 9. The van der Waals surface area contributed by atoms with E-state index < -0.39 is 5.41 Å². The Morgan fingerprint density at radius 2 is 0.790 bits per heavy atom. The maximum absolute atomic E-state index is 5.27. The van der Waals surface area contributed by atoms with Crippen LogP contribution in [-0.4, -0.2) is 24.9 Å². The second-order valence-corrected chi connectivity index (χ2v) is 16.7. The molecule has 290 valence electrons. The van der Waals surface area contributed by atoms with E-state index in [4.69, 9.17) is 24.9 Å². The van der Waals surface area contributed by atoms with E-state index >= 15 is 0 Å². The summed E-state index contributed by atoms with van der Waals surface area (Å²) >= 11 is 1.85. The van der Waals surface area contributed by atoms with Gasteiger partial charge in [0.05, 0.1) is 39.6 Å². The van der Waals surface area contributed by atoms with Gasteiger partial charge in [-0.1, -0.05) is 145 Å². The first kappa shape index (κ1) is 36.1. The lowest BCUT2D eigenvalue weighted by Gasteiger charge is -2.39. The van der Waals surface area contributed by atoms with Crippen LogP contribution in [0.3, 0.4) is 0 Å². The van der Waals surface area contributed by atoms with Crippen LogP contribution in [0.5, 0.6) is 0 Å². The Kier molecular flexibility index (Phi) is 8.57. The van der Waals surface area contributed by atoms with Gasteiger partial charge in [-0.15, -0.1) is 0 Å². The standard InChI is InChI=1S/C56H35N5S/c1-3-15-36(16-4-1)49-35-50(37-17-5-2-6-18-37)61-55(60-49)39-26-28-44-42(32-39)41-31-38(40-33-51(47-21-11-13-29-57-47)59-52(34-40)48-22-12-14-30-58-48)25-27-43(41)56(44)45-19-7-9-23-53(45)62-54-24-10-8-20-46(54)56/h1-35H. The molecule has 10 aromatic rings. The molecule has 6 heteroatoms. The van der Waals surface area contributed by atoms with Crippen LogP contribution < -0.4 is 0 Å². The molecule has 0 bridgehead atoms. The molecule has 0 amide bonds. The zero-order valence-electron chi connectivity index (χ0n) is 33.4. The average Bonchev–Trinajstić information content (AvgIpc) is 3.64. The van der Waals surface area contributed by atoms with Crippen molar-refractivity contribution in [2.45, 2.75) is 15.2 Å². The van der Waals surface area contributed by atoms with E-state index in [1.54, 1.807) is 0 Å². The smallest absolute Gasteiger partial charge is 0.160 e. The highest BCUT2D eigenvalue weighted by molar-refractivity contribution is 7.99. The summed E-state index contributed by atoms with van der Waals surface area (Å²) in [5, 5.41) is 0. The number of rotatable bonds is 6. The number of nitrogens with zero attached hydrogens (tertiary/aromatic N) is 5. The van der Waals surface area contributed by atoms with Gasteiger partial charge in [-0.2, -0.15) is 0 Å². The second-order valence-electron chi connectivity index (χ2n) is 15.6. The Morgan fingerprint density at radius 3 is 1.32 bits per heavy atom. The van der Waals surface area contributed by atoms with Crippen molar-refractivity contribution in [1.29, 1.82) is 0 Å². The van der Waals surface area contributed by atoms with Crippen molar-refractivity contribution in [1.82, 2.24) is 24.9 Å². The molecule has 0 saturated carbocycles. The largest absolute Gasteiger partial charge is 0.255 e. The van der Waals surface area contributed by atoms with Gasteiger partial charge in [-0.25, -0.2) is 15.0 Å². The normalized spacial score (nSPS) is 12.9. The van der Waals surface area contributed by atoms with Crippen LogP contribution in [0.1, 0.15) is 22.3 Å². The molecule has 1 aliphatic carbocycles. The first-order valence-electron chi connectivity index (χ1n) is 20.7. The molecule has 0 radical (unpaired) electrons. The maximum Gasteiger partial charge on any atom is 0.160 e. The van der Waals surface area contributed by atoms with Crippen molar-refractivity contribution in [3.8, 4) is 78.9 Å². The Labute approximate surface area is 364 Å². The zero-order chi connectivity index (χ0) is 41.0. The molecule has 0 fully saturated rings. The Bertz CT molecular complexity index is 2980. The summed E-state index contributed by atoms with van der Waals surface area (Å²) in [7, 11) is 0. The molecule has 1 spiro atoms. The second kappa shape index (κ2) is 14.7. The molecule has 12 rings (SSSR count). The zero-order valence-corrected chi connectivity index (χ0v) is 34.2. The SMILES string of the molecule is c1ccc(-c2cc(-c3ccccc3)nc(-c3ccc4c(c3)-c3cc(-c5cc(-c6ccccn6)nc(-c6ccccn6)c5)ccc3C43c4ccccc4Sc4ccccc43)n2)cc1. The minimum absolute atomic E-state index is 0.543. The third-order valence-electron chi connectivity index (χ3n) is 12.1. The first-order valence-corrected chi connectivity index (χ1v) is 21.5. The molecular formula is C56H35N5S. The molecule has 2 aliphatic rings. The van der Waals surface area contributed by atoms with Crippen LogP contribution in [0.25, 0.3) is 78.9 Å². The third kappa shape index (κ3) is 5.91. The van der Waals surface area contributed by atoms with E-state index in [0.717, 1.165) is 67.5 Å². The fourth-order valence-electron chi connectivity index (χ4n) is 9.30. The predicted octanol–water partition coefficient (Wildman–Crippen LogP) is 13.5.